The highest BCUT2D eigenvalue weighted by Gasteiger charge is 2.23. The number of hydrogen-bond acceptors (Lipinski definition) is 4. The van der Waals surface area contributed by atoms with Gasteiger partial charge in [0, 0.05) is 18.5 Å². The van der Waals surface area contributed by atoms with Crippen molar-refractivity contribution in [1.29, 1.82) is 0 Å². The maximum absolute atomic E-state index is 12.2. The predicted molar refractivity (Wildman–Crippen MR) is 103 cm³/mol. The molecule has 2 aromatic rings. The minimum atomic E-state index is -3.67. The van der Waals surface area contributed by atoms with Gasteiger partial charge in [0.1, 0.15) is 10.7 Å². The predicted octanol–water partition coefficient (Wildman–Crippen LogP) is 3.57. The Labute approximate surface area is 153 Å². The molecular formula is C19H21N3O3S. The summed E-state index contributed by atoms with van der Waals surface area (Å²) in [6.45, 7) is 2.08. The average molecular weight is 371 g/mol. The van der Waals surface area contributed by atoms with Crippen LogP contribution in [-0.4, -0.2) is 20.2 Å². The summed E-state index contributed by atoms with van der Waals surface area (Å²) in [5, 5.41) is 5.87. The third-order valence-electron chi connectivity index (χ3n) is 4.14. The van der Waals surface area contributed by atoms with Crippen molar-refractivity contribution >= 4 is 33.1 Å². The average Bonchev–Trinajstić information content (AvgIpc) is 2.62. The first-order valence-corrected chi connectivity index (χ1v) is 10.0. The quantitative estimate of drug-likeness (QED) is 0.812. The lowest BCUT2D eigenvalue weighted by molar-refractivity contribution is -0.116. The van der Waals surface area contributed by atoms with E-state index in [1.54, 1.807) is 18.2 Å². The number of amides is 1. The molecule has 0 saturated heterocycles. The minimum absolute atomic E-state index is 0.103. The zero-order valence-corrected chi connectivity index (χ0v) is 15.3. The van der Waals surface area contributed by atoms with Crippen LogP contribution in [0.1, 0.15) is 31.7 Å². The van der Waals surface area contributed by atoms with E-state index < -0.39 is 10.0 Å². The molecule has 0 spiro atoms. The molecule has 0 saturated carbocycles. The van der Waals surface area contributed by atoms with Crippen LogP contribution in [0.5, 0.6) is 0 Å². The maximum atomic E-state index is 12.2. The van der Waals surface area contributed by atoms with Gasteiger partial charge < -0.3 is 10.6 Å². The molecule has 26 heavy (non-hydrogen) atoms. The van der Waals surface area contributed by atoms with Gasteiger partial charge in [0.05, 0.1) is 5.69 Å². The molecule has 0 atom stereocenters. The summed E-state index contributed by atoms with van der Waals surface area (Å²) >= 11 is 0. The van der Waals surface area contributed by atoms with Crippen molar-refractivity contribution in [3.8, 4) is 0 Å². The normalized spacial score (nSPS) is 14.7. The van der Waals surface area contributed by atoms with E-state index in [4.69, 9.17) is 0 Å². The lowest BCUT2D eigenvalue weighted by atomic mass is 10.1. The molecule has 7 heteroatoms. The molecule has 0 fully saturated rings. The van der Waals surface area contributed by atoms with Crippen molar-refractivity contribution in [3.63, 3.8) is 0 Å². The third kappa shape index (κ3) is 4.29. The van der Waals surface area contributed by atoms with Crippen molar-refractivity contribution in [3.05, 3.63) is 54.1 Å². The summed E-state index contributed by atoms with van der Waals surface area (Å²) in [6.07, 6.45) is 2.13. The maximum Gasteiger partial charge on any atom is 0.286 e. The first-order valence-electron chi connectivity index (χ1n) is 8.56. The molecule has 136 valence electrons. The highest BCUT2D eigenvalue weighted by atomic mass is 32.2. The van der Waals surface area contributed by atoms with Crippen LogP contribution < -0.4 is 10.6 Å². The minimum Gasteiger partial charge on any atom is -0.342 e. The number of para-hydroxylation sites is 1. The van der Waals surface area contributed by atoms with Gasteiger partial charge in [-0.15, -0.1) is 4.40 Å². The Bertz CT molecular complexity index is 935. The number of aryl methyl sites for hydroxylation is 1. The molecule has 6 nitrogen and oxygen atoms in total. The molecule has 2 N–H and O–H groups in total. The zero-order chi connectivity index (χ0) is 18.6. The van der Waals surface area contributed by atoms with Crippen molar-refractivity contribution in [2.75, 3.05) is 10.6 Å². The number of hydrogen-bond donors (Lipinski definition) is 2. The Morgan fingerprint density at radius 2 is 1.85 bits per heavy atom. The van der Waals surface area contributed by atoms with E-state index in [-0.39, 0.29) is 17.2 Å². The summed E-state index contributed by atoms with van der Waals surface area (Å²) in [5.74, 6) is 0.262. The Balaban J connectivity index is 1.53. The first-order chi connectivity index (χ1) is 12.5. The fourth-order valence-electron chi connectivity index (χ4n) is 2.74. The molecule has 2 aromatic carbocycles. The fourth-order valence-corrected chi connectivity index (χ4v) is 3.91. The van der Waals surface area contributed by atoms with E-state index in [1.807, 2.05) is 24.3 Å². The molecule has 0 unspecified atom stereocenters. The van der Waals surface area contributed by atoms with Gasteiger partial charge in [-0.05, 0) is 42.7 Å². The Morgan fingerprint density at radius 3 is 2.58 bits per heavy atom. The number of rotatable bonds is 6. The Hall–Kier alpha value is -2.67. The number of amidine groups is 1. The summed E-state index contributed by atoms with van der Waals surface area (Å²) in [4.78, 5) is 12.2. The van der Waals surface area contributed by atoms with Crippen LogP contribution in [0.15, 0.2) is 57.8 Å². The van der Waals surface area contributed by atoms with Gasteiger partial charge in [-0.2, -0.15) is 8.42 Å². The van der Waals surface area contributed by atoms with Crippen molar-refractivity contribution in [2.24, 2.45) is 4.40 Å². The number of fused-ring (bicyclic) bond motifs is 1. The standard InChI is InChI=1S/C19H21N3O3S/c1-2-14-10-12-15(13-11-14)20-19(23)9-5-8-18-21-16-6-3-4-7-17(16)26(24,25)22-18/h3-4,6-7,10-13H,2,5,8-9H2,1H3,(H,20,23)(H,21,22). The highest BCUT2D eigenvalue weighted by molar-refractivity contribution is 7.90. The Morgan fingerprint density at radius 1 is 1.12 bits per heavy atom. The van der Waals surface area contributed by atoms with Crippen LogP contribution >= 0.6 is 0 Å². The number of sulfonamides is 1. The number of benzene rings is 2. The largest absolute Gasteiger partial charge is 0.342 e. The van der Waals surface area contributed by atoms with Crippen molar-refractivity contribution in [2.45, 2.75) is 37.5 Å². The van der Waals surface area contributed by atoms with Gasteiger partial charge in [0.15, 0.2) is 0 Å². The lowest BCUT2D eigenvalue weighted by Crippen LogP contribution is -2.22. The van der Waals surface area contributed by atoms with Crippen LogP contribution in [-0.2, 0) is 21.2 Å². The van der Waals surface area contributed by atoms with E-state index in [9.17, 15) is 13.2 Å². The van der Waals surface area contributed by atoms with Crippen LogP contribution in [0.2, 0.25) is 0 Å². The van der Waals surface area contributed by atoms with Gasteiger partial charge in [-0.25, -0.2) is 0 Å². The molecule has 0 radical (unpaired) electrons. The number of carbonyl (C=O) groups is 1. The van der Waals surface area contributed by atoms with Crippen LogP contribution in [0.4, 0.5) is 11.4 Å². The van der Waals surface area contributed by atoms with Gasteiger partial charge in [0.25, 0.3) is 10.0 Å². The van der Waals surface area contributed by atoms with Gasteiger partial charge in [-0.1, -0.05) is 31.2 Å². The van der Waals surface area contributed by atoms with E-state index in [2.05, 4.69) is 22.0 Å². The second kappa shape index (κ2) is 7.70. The third-order valence-corrected chi connectivity index (χ3v) is 5.51. The number of nitrogens with zero attached hydrogens (tertiary/aromatic N) is 1. The monoisotopic (exact) mass is 371 g/mol. The smallest absolute Gasteiger partial charge is 0.286 e. The fraction of sp³-hybridized carbons (Fsp3) is 0.263. The molecule has 0 aromatic heterocycles. The van der Waals surface area contributed by atoms with Crippen LogP contribution in [0, 0.1) is 0 Å². The molecule has 0 aliphatic carbocycles. The molecule has 1 aliphatic heterocycles. The molecule has 1 heterocycles. The summed E-state index contributed by atoms with van der Waals surface area (Å²) in [7, 11) is -3.67. The summed E-state index contributed by atoms with van der Waals surface area (Å²) in [5.41, 5.74) is 2.50. The number of carbonyl (C=O) groups excluding carboxylic acids is 1. The highest BCUT2D eigenvalue weighted by Crippen LogP contribution is 2.27. The topological polar surface area (TPSA) is 87.6 Å². The van der Waals surface area contributed by atoms with Crippen LogP contribution in [0.25, 0.3) is 0 Å². The van der Waals surface area contributed by atoms with E-state index in [0.717, 1.165) is 12.1 Å². The van der Waals surface area contributed by atoms with Crippen molar-refractivity contribution in [1.82, 2.24) is 0 Å². The van der Waals surface area contributed by atoms with Gasteiger partial charge in [0.2, 0.25) is 5.91 Å². The molecule has 1 amide bonds. The second-order valence-corrected chi connectivity index (χ2v) is 7.66. The van der Waals surface area contributed by atoms with Crippen LogP contribution in [0.3, 0.4) is 0 Å². The van der Waals surface area contributed by atoms with E-state index in [1.165, 1.54) is 11.6 Å². The number of nitrogens with one attached hydrogen (secondary N) is 2. The summed E-state index contributed by atoms with van der Waals surface area (Å²) in [6, 6.07) is 14.4. The SMILES string of the molecule is CCc1ccc(NC(=O)CCCC2=NS(=O)(=O)c3ccccc3N2)cc1. The zero-order valence-electron chi connectivity index (χ0n) is 14.5. The lowest BCUT2D eigenvalue weighted by Gasteiger charge is -2.17. The molecule has 3 rings (SSSR count). The molecule has 1 aliphatic rings. The molecule has 0 bridgehead atoms. The van der Waals surface area contributed by atoms with Crippen molar-refractivity contribution < 1.29 is 13.2 Å². The number of anilines is 2. The first kappa shape index (κ1) is 18.1. The molecular weight excluding hydrogens is 350 g/mol. The van der Waals surface area contributed by atoms with Gasteiger partial charge in [-0.3, -0.25) is 4.79 Å². The van der Waals surface area contributed by atoms with E-state index >= 15 is 0 Å². The second-order valence-electron chi connectivity index (χ2n) is 6.09. The van der Waals surface area contributed by atoms with Gasteiger partial charge >= 0.3 is 0 Å². The Kier molecular flexibility index (Phi) is 5.37. The summed E-state index contributed by atoms with van der Waals surface area (Å²) < 4.78 is 28.1. The van der Waals surface area contributed by atoms with E-state index in [0.29, 0.717) is 24.4 Å².